The van der Waals surface area contributed by atoms with Gasteiger partial charge in [-0.25, -0.2) is 4.99 Å². The zero-order valence-electron chi connectivity index (χ0n) is 17.9. The number of hydrogen-bond acceptors (Lipinski definition) is 6. The van der Waals surface area contributed by atoms with Gasteiger partial charge in [0, 0.05) is 17.5 Å². The predicted molar refractivity (Wildman–Crippen MR) is 133 cm³/mol. The van der Waals surface area contributed by atoms with E-state index in [2.05, 4.69) is 11.9 Å². The SMILES string of the molecule is COc1ccc(N2C(=O)/C(=C/c3cccs3)N=C2SCC(=O)N2CCCCC2C)cc1Cl. The first-order valence-corrected chi connectivity index (χ1v) is 12.7. The zero-order chi connectivity index (χ0) is 22.7. The van der Waals surface area contributed by atoms with Crippen LogP contribution in [0.25, 0.3) is 6.08 Å². The summed E-state index contributed by atoms with van der Waals surface area (Å²) < 4.78 is 5.23. The number of methoxy groups -OCH3 is 1. The molecule has 2 aliphatic heterocycles. The lowest BCUT2D eigenvalue weighted by Gasteiger charge is -2.33. The Bertz CT molecular complexity index is 1070. The van der Waals surface area contributed by atoms with Gasteiger partial charge in [-0.2, -0.15) is 0 Å². The van der Waals surface area contributed by atoms with E-state index < -0.39 is 0 Å². The number of amides is 2. The molecule has 168 valence electrons. The summed E-state index contributed by atoms with van der Waals surface area (Å²) >= 11 is 9.13. The fraction of sp³-hybridized carbons (Fsp3) is 0.348. The molecule has 1 aromatic heterocycles. The number of likely N-dealkylation sites (tertiary alicyclic amines) is 1. The second-order valence-corrected chi connectivity index (χ2v) is 9.95. The van der Waals surface area contributed by atoms with Crippen LogP contribution in [-0.4, -0.2) is 47.3 Å². The zero-order valence-corrected chi connectivity index (χ0v) is 20.3. The number of piperidine rings is 1. The number of anilines is 1. The van der Waals surface area contributed by atoms with Gasteiger partial charge in [0.1, 0.15) is 11.4 Å². The van der Waals surface area contributed by atoms with Crippen LogP contribution in [0.5, 0.6) is 5.75 Å². The van der Waals surface area contributed by atoms with Crippen molar-refractivity contribution in [1.29, 1.82) is 0 Å². The molecule has 6 nitrogen and oxygen atoms in total. The minimum absolute atomic E-state index is 0.0701. The Morgan fingerprint density at radius 1 is 1.38 bits per heavy atom. The third-order valence-electron chi connectivity index (χ3n) is 5.49. The number of halogens is 1. The highest BCUT2D eigenvalue weighted by Crippen LogP contribution is 2.34. The highest BCUT2D eigenvalue weighted by atomic mass is 35.5. The fourth-order valence-corrected chi connectivity index (χ4v) is 5.60. The van der Waals surface area contributed by atoms with Crippen LogP contribution in [0.2, 0.25) is 5.02 Å². The molecule has 1 atom stereocenters. The number of rotatable bonds is 5. The molecule has 1 unspecified atom stereocenters. The molecule has 0 aliphatic carbocycles. The maximum absolute atomic E-state index is 13.3. The molecule has 1 saturated heterocycles. The van der Waals surface area contributed by atoms with Gasteiger partial charge >= 0.3 is 0 Å². The highest BCUT2D eigenvalue weighted by Gasteiger charge is 2.33. The molecular weight excluding hydrogens is 466 g/mol. The van der Waals surface area contributed by atoms with E-state index in [4.69, 9.17) is 16.3 Å². The van der Waals surface area contributed by atoms with Crippen molar-refractivity contribution < 1.29 is 14.3 Å². The Kier molecular flexibility index (Phi) is 7.23. The van der Waals surface area contributed by atoms with Crippen LogP contribution in [0, 0.1) is 0 Å². The van der Waals surface area contributed by atoms with E-state index in [0.29, 0.717) is 27.3 Å². The van der Waals surface area contributed by atoms with Gasteiger partial charge in [-0.05, 0) is 61.9 Å². The first-order chi connectivity index (χ1) is 15.5. The number of benzene rings is 1. The molecule has 0 radical (unpaired) electrons. The summed E-state index contributed by atoms with van der Waals surface area (Å²) in [6.45, 7) is 2.87. The van der Waals surface area contributed by atoms with Crippen molar-refractivity contribution in [2.75, 3.05) is 24.3 Å². The number of thioether (sulfide) groups is 1. The Morgan fingerprint density at radius 3 is 2.91 bits per heavy atom. The number of carbonyl (C=O) groups excluding carboxylic acids is 2. The number of carbonyl (C=O) groups is 2. The molecular formula is C23H24ClN3O3S2. The monoisotopic (exact) mass is 489 g/mol. The minimum Gasteiger partial charge on any atom is -0.495 e. The van der Waals surface area contributed by atoms with Gasteiger partial charge in [0.05, 0.1) is 23.6 Å². The average Bonchev–Trinajstić information content (AvgIpc) is 3.40. The first kappa shape index (κ1) is 22.9. The molecule has 0 saturated carbocycles. The summed E-state index contributed by atoms with van der Waals surface area (Å²) in [5, 5.41) is 2.82. The minimum atomic E-state index is -0.249. The van der Waals surface area contributed by atoms with Gasteiger partial charge in [-0.3, -0.25) is 14.5 Å². The van der Waals surface area contributed by atoms with Crippen LogP contribution in [-0.2, 0) is 9.59 Å². The second kappa shape index (κ2) is 10.1. The van der Waals surface area contributed by atoms with Crippen molar-refractivity contribution in [3.05, 3.63) is 51.3 Å². The summed E-state index contributed by atoms with van der Waals surface area (Å²) in [6, 6.07) is 9.26. The number of thiophene rings is 1. The number of nitrogens with zero attached hydrogens (tertiary/aromatic N) is 3. The lowest BCUT2D eigenvalue weighted by molar-refractivity contribution is -0.131. The molecule has 1 aromatic carbocycles. The highest BCUT2D eigenvalue weighted by molar-refractivity contribution is 8.14. The van der Waals surface area contributed by atoms with E-state index in [0.717, 1.165) is 30.7 Å². The number of hydrogen-bond donors (Lipinski definition) is 0. The maximum atomic E-state index is 13.3. The lowest BCUT2D eigenvalue weighted by Crippen LogP contribution is -2.43. The van der Waals surface area contributed by atoms with E-state index in [1.807, 2.05) is 22.4 Å². The Hall–Kier alpha value is -2.29. The predicted octanol–water partition coefficient (Wildman–Crippen LogP) is 5.29. The standard InChI is InChI=1S/C23H24ClN3O3S2/c1-15-6-3-4-10-26(15)21(28)14-32-23-25-19(13-17-7-5-11-31-17)22(29)27(23)16-8-9-20(30-2)18(24)12-16/h5,7-9,11-13,15H,3-4,6,10,14H2,1-2H3/b19-13-. The van der Waals surface area contributed by atoms with Gasteiger partial charge in [-0.1, -0.05) is 29.4 Å². The van der Waals surface area contributed by atoms with Gasteiger partial charge in [0.15, 0.2) is 5.17 Å². The number of aliphatic imine (C=N–C) groups is 1. The summed E-state index contributed by atoms with van der Waals surface area (Å²) in [4.78, 5) is 35.1. The third kappa shape index (κ3) is 4.87. The van der Waals surface area contributed by atoms with Crippen molar-refractivity contribution >= 4 is 63.4 Å². The van der Waals surface area contributed by atoms with Gasteiger partial charge < -0.3 is 9.64 Å². The molecule has 1 fully saturated rings. The largest absolute Gasteiger partial charge is 0.495 e. The summed E-state index contributed by atoms with van der Waals surface area (Å²) in [6.07, 6.45) is 4.99. The molecule has 0 bridgehead atoms. The topological polar surface area (TPSA) is 62.2 Å². The lowest BCUT2D eigenvalue weighted by atomic mass is 10.0. The van der Waals surface area contributed by atoms with Crippen LogP contribution in [0.3, 0.4) is 0 Å². The number of ether oxygens (including phenoxy) is 1. The molecule has 32 heavy (non-hydrogen) atoms. The first-order valence-electron chi connectivity index (χ1n) is 10.4. The van der Waals surface area contributed by atoms with Gasteiger partial charge in [0.25, 0.3) is 5.91 Å². The average molecular weight is 490 g/mol. The Labute approximate surface area is 200 Å². The quantitative estimate of drug-likeness (QED) is 0.535. The second-order valence-electron chi connectivity index (χ2n) is 7.62. The summed E-state index contributed by atoms with van der Waals surface area (Å²) in [7, 11) is 1.54. The van der Waals surface area contributed by atoms with E-state index in [1.54, 1.807) is 31.4 Å². The fourth-order valence-electron chi connectivity index (χ4n) is 3.80. The molecule has 2 aromatic rings. The van der Waals surface area contributed by atoms with Crippen molar-refractivity contribution in [2.45, 2.75) is 32.2 Å². The molecule has 2 aliphatic rings. The van der Waals surface area contributed by atoms with Gasteiger partial charge in [0.2, 0.25) is 5.91 Å². The molecule has 0 N–H and O–H groups in total. The molecule has 9 heteroatoms. The van der Waals surface area contributed by atoms with Crippen molar-refractivity contribution in [3.63, 3.8) is 0 Å². The van der Waals surface area contributed by atoms with Crippen LogP contribution in [0.4, 0.5) is 5.69 Å². The van der Waals surface area contributed by atoms with E-state index >= 15 is 0 Å². The Morgan fingerprint density at radius 2 is 2.22 bits per heavy atom. The molecule has 2 amide bonds. The Balaban J connectivity index is 1.60. The smallest absolute Gasteiger partial charge is 0.283 e. The van der Waals surface area contributed by atoms with Crippen molar-refractivity contribution in [2.24, 2.45) is 4.99 Å². The van der Waals surface area contributed by atoms with Crippen molar-refractivity contribution in [1.82, 2.24) is 4.90 Å². The summed E-state index contributed by atoms with van der Waals surface area (Å²) in [5.74, 6) is 0.571. The van der Waals surface area contributed by atoms with Crippen molar-refractivity contribution in [3.8, 4) is 5.75 Å². The number of amidine groups is 1. The van der Waals surface area contributed by atoms with Gasteiger partial charge in [-0.15, -0.1) is 11.3 Å². The third-order valence-corrected chi connectivity index (χ3v) is 7.53. The van der Waals surface area contributed by atoms with E-state index in [1.165, 1.54) is 28.0 Å². The molecule has 3 heterocycles. The van der Waals surface area contributed by atoms with E-state index in [9.17, 15) is 9.59 Å². The molecule has 4 rings (SSSR count). The van der Waals surface area contributed by atoms with Crippen LogP contribution in [0.1, 0.15) is 31.1 Å². The summed E-state index contributed by atoms with van der Waals surface area (Å²) in [5.41, 5.74) is 0.918. The van der Waals surface area contributed by atoms with E-state index in [-0.39, 0.29) is 23.6 Å². The van der Waals surface area contributed by atoms with Crippen LogP contribution >= 0.6 is 34.7 Å². The van der Waals surface area contributed by atoms with Crippen LogP contribution in [0.15, 0.2) is 46.4 Å². The maximum Gasteiger partial charge on any atom is 0.283 e. The normalized spacial score (nSPS) is 20.1. The molecule has 0 spiro atoms. The van der Waals surface area contributed by atoms with Crippen LogP contribution < -0.4 is 9.64 Å².